The van der Waals surface area contributed by atoms with E-state index in [1.807, 2.05) is 18.2 Å². The average molecular weight is 246 g/mol. The van der Waals surface area contributed by atoms with Gasteiger partial charge in [-0.05, 0) is 24.3 Å². The summed E-state index contributed by atoms with van der Waals surface area (Å²) in [5, 5.41) is 1.55. The third kappa shape index (κ3) is 3.04. The number of pyridine rings is 2. The van der Waals surface area contributed by atoms with Crippen molar-refractivity contribution in [2.45, 2.75) is 10.1 Å². The maximum absolute atomic E-state index is 11.3. The summed E-state index contributed by atoms with van der Waals surface area (Å²) in [6.07, 6.45) is 3.30. The second-order valence-electron chi connectivity index (χ2n) is 3.14. The number of hydrogen-bond donors (Lipinski definition) is 0. The van der Waals surface area contributed by atoms with Gasteiger partial charge in [-0.3, -0.25) is 0 Å². The van der Waals surface area contributed by atoms with E-state index in [2.05, 4.69) is 14.7 Å². The second kappa shape index (κ2) is 5.45. The molecule has 2 heterocycles. The van der Waals surface area contributed by atoms with Crippen LogP contribution in [0.15, 0.2) is 52.8 Å². The molecule has 86 valence electrons. The lowest BCUT2D eigenvalue weighted by Gasteiger charge is -2.02. The highest BCUT2D eigenvalue weighted by Gasteiger charge is 2.07. The van der Waals surface area contributed by atoms with E-state index < -0.39 is 0 Å². The van der Waals surface area contributed by atoms with Crippen molar-refractivity contribution < 1.29 is 9.53 Å². The number of hydrogen-bond acceptors (Lipinski definition) is 5. The maximum atomic E-state index is 11.3. The standard InChI is InChI=1S/C12H10N2O2S/c1-16-12(15)9-5-7-14-11(8-9)17-10-4-2-3-6-13-10/h2-8H,1H3. The molecule has 5 heteroatoms. The van der Waals surface area contributed by atoms with E-state index in [0.717, 1.165) is 5.03 Å². The normalized spacial score (nSPS) is 9.94. The SMILES string of the molecule is COC(=O)c1ccnc(Sc2ccccn2)c1. The van der Waals surface area contributed by atoms with E-state index in [9.17, 15) is 4.79 Å². The van der Waals surface area contributed by atoms with Crippen molar-refractivity contribution in [1.82, 2.24) is 9.97 Å². The van der Waals surface area contributed by atoms with E-state index >= 15 is 0 Å². The van der Waals surface area contributed by atoms with Crippen LogP contribution >= 0.6 is 11.8 Å². The highest BCUT2D eigenvalue weighted by Crippen LogP contribution is 2.24. The van der Waals surface area contributed by atoms with Crippen molar-refractivity contribution in [2.24, 2.45) is 0 Å². The van der Waals surface area contributed by atoms with Gasteiger partial charge in [0.25, 0.3) is 0 Å². The molecule has 0 aliphatic carbocycles. The quantitative estimate of drug-likeness (QED) is 0.778. The monoisotopic (exact) mass is 246 g/mol. The van der Waals surface area contributed by atoms with Crippen LogP contribution in [0.5, 0.6) is 0 Å². The zero-order valence-electron chi connectivity index (χ0n) is 9.16. The van der Waals surface area contributed by atoms with Crippen LogP contribution in [0, 0.1) is 0 Å². The number of methoxy groups -OCH3 is 1. The van der Waals surface area contributed by atoms with E-state index in [4.69, 9.17) is 0 Å². The lowest BCUT2D eigenvalue weighted by Crippen LogP contribution is -2.01. The largest absolute Gasteiger partial charge is 0.465 e. The van der Waals surface area contributed by atoms with Gasteiger partial charge < -0.3 is 4.74 Å². The molecule has 0 atom stereocenters. The van der Waals surface area contributed by atoms with E-state index in [1.165, 1.54) is 18.9 Å². The first-order valence-electron chi connectivity index (χ1n) is 4.93. The predicted octanol–water partition coefficient (Wildman–Crippen LogP) is 2.41. The first-order valence-corrected chi connectivity index (χ1v) is 5.74. The van der Waals surface area contributed by atoms with Gasteiger partial charge in [-0.1, -0.05) is 17.8 Å². The number of carbonyl (C=O) groups is 1. The summed E-state index contributed by atoms with van der Waals surface area (Å²) in [7, 11) is 1.36. The zero-order valence-corrected chi connectivity index (χ0v) is 9.98. The molecule has 2 aromatic heterocycles. The van der Waals surface area contributed by atoms with Crippen molar-refractivity contribution in [3.8, 4) is 0 Å². The molecule has 17 heavy (non-hydrogen) atoms. The summed E-state index contributed by atoms with van der Waals surface area (Å²) in [6, 6.07) is 8.94. The summed E-state index contributed by atoms with van der Waals surface area (Å²) in [6.45, 7) is 0. The van der Waals surface area contributed by atoms with E-state index in [-0.39, 0.29) is 5.97 Å². The van der Waals surface area contributed by atoms with Gasteiger partial charge in [0.15, 0.2) is 0 Å². The van der Waals surface area contributed by atoms with Crippen molar-refractivity contribution in [1.29, 1.82) is 0 Å². The van der Waals surface area contributed by atoms with Crippen LogP contribution in [0.25, 0.3) is 0 Å². The highest BCUT2D eigenvalue weighted by molar-refractivity contribution is 7.99. The fourth-order valence-electron chi connectivity index (χ4n) is 1.22. The molecular weight excluding hydrogens is 236 g/mol. The van der Waals surface area contributed by atoms with Gasteiger partial charge in [-0.2, -0.15) is 0 Å². The Balaban J connectivity index is 2.20. The van der Waals surface area contributed by atoms with Gasteiger partial charge >= 0.3 is 5.97 Å². The molecule has 0 radical (unpaired) electrons. The predicted molar refractivity (Wildman–Crippen MR) is 63.9 cm³/mol. The van der Waals surface area contributed by atoms with Crippen molar-refractivity contribution in [3.05, 3.63) is 48.3 Å². The Morgan fingerprint density at radius 1 is 1.18 bits per heavy atom. The van der Waals surface area contributed by atoms with Crippen molar-refractivity contribution in [2.75, 3.05) is 7.11 Å². The molecule has 0 amide bonds. The molecule has 0 aromatic carbocycles. The topological polar surface area (TPSA) is 52.1 Å². The number of ether oxygens (including phenoxy) is 1. The second-order valence-corrected chi connectivity index (χ2v) is 4.19. The summed E-state index contributed by atoms with van der Waals surface area (Å²) >= 11 is 1.40. The Bertz CT molecular complexity index is 517. The molecule has 4 nitrogen and oxygen atoms in total. The molecule has 0 saturated carbocycles. The summed E-state index contributed by atoms with van der Waals surface area (Å²) < 4.78 is 4.65. The van der Waals surface area contributed by atoms with Crippen molar-refractivity contribution >= 4 is 17.7 Å². The molecule has 0 spiro atoms. The minimum Gasteiger partial charge on any atom is -0.465 e. The highest BCUT2D eigenvalue weighted by atomic mass is 32.2. The Labute approximate surface area is 103 Å². The fraction of sp³-hybridized carbons (Fsp3) is 0.0833. The summed E-state index contributed by atoms with van der Waals surface area (Å²) in [4.78, 5) is 19.7. The number of aromatic nitrogens is 2. The molecule has 2 aromatic rings. The van der Waals surface area contributed by atoms with Crippen LogP contribution in [0.3, 0.4) is 0 Å². The van der Waals surface area contributed by atoms with Crippen LogP contribution in [0.4, 0.5) is 0 Å². The minimum atomic E-state index is -0.365. The molecule has 0 unspecified atom stereocenters. The first-order chi connectivity index (χ1) is 8.29. The average Bonchev–Trinajstić information content (AvgIpc) is 2.39. The molecule has 0 aliphatic heterocycles. The van der Waals surface area contributed by atoms with Gasteiger partial charge in [-0.25, -0.2) is 14.8 Å². The lowest BCUT2D eigenvalue weighted by molar-refractivity contribution is 0.0600. The Morgan fingerprint density at radius 3 is 2.71 bits per heavy atom. The van der Waals surface area contributed by atoms with Gasteiger partial charge in [-0.15, -0.1) is 0 Å². The van der Waals surface area contributed by atoms with Crippen LogP contribution in [0.2, 0.25) is 0 Å². The molecular formula is C12H10N2O2S. The van der Waals surface area contributed by atoms with Gasteiger partial charge in [0.1, 0.15) is 10.1 Å². The van der Waals surface area contributed by atoms with Crippen LogP contribution in [-0.4, -0.2) is 23.0 Å². The first kappa shape index (κ1) is 11.6. The molecule has 0 aliphatic rings. The lowest BCUT2D eigenvalue weighted by atomic mass is 10.3. The number of rotatable bonds is 3. The number of esters is 1. The minimum absolute atomic E-state index is 0.365. The third-order valence-corrected chi connectivity index (χ3v) is 2.89. The number of nitrogens with zero attached hydrogens (tertiary/aromatic N) is 2. The molecule has 2 rings (SSSR count). The van der Waals surface area contributed by atoms with Crippen LogP contribution in [0.1, 0.15) is 10.4 Å². The molecule has 0 fully saturated rings. The van der Waals surface area contributed by atoms with E-state index in [1.54, 1.807) is 24.5 Å². The van der Waals surface area contributed by atoms with E-state index in [0.29, 0.717) is 10.6 Å². The van der Waals surface area contributed by atoms with Crippen molar-refractivity contribution in [3.63, 3.8) is 0 Å². The molecule has 0 N–H and O–H groups in total. The molecule has 0 bridgehead atoms. The summed E-state index contributed by atoms with van der Waals surface area (Å²) in [5.41, 5.74) is 0.487. The zero-order chi connectivity index (χ0) is 12.1. The van der Waals surface area contributed by atoms with Crippen LogP contribution < -0.4 is 0 Å². The smallest absolute Gasteiger partial charge is 0.337 e. The Hall–Kier alpha value is -1.88. The van der Waals surface area contributed by atoms with Gasteiger partial charge in [0.05, 0.1) is 12.7 Å². The molecule has 0 saturated heterocycles. The third-order valence-electron chi connectivity index (χ3n) is 2.00. The fourth-order valence-corrected chi connectivity index (χ4v) is 2.00. The maximum Gasteiger partial charge on any atom is 0.337 e. The summed E-state index contributed by atoms with van der Waals surface area (Å²) in [5.74, 6) is -0.365. The van der Waals surface area contributed by atoms with Crippen LogP contribution in [-0.2, 0) is 4.74 Å². The van der Waals surface area contributed by atoms with Gasteiger partial charge in [0.2, 0.25) is 0 Å². The number of carbonyl (C=O) groups excluding carboxylic acids is 1. The van der Waals surface area contributed by atoms with Gasteiger partial charge in [0, 0.05) is 12.4 Å². The Kier molecular flexibility index (Phi) is 3.72. The Morgan fingerprint density at radius 2 is 2.00 bits per heavy atom.